The van der Waals surface area contributed by atoms with E-state index in [0.29, 0.717) is 22.9 Å². The number of ether oxygens (including phenoxy) is 2. The molecule has 3 nitrogen and oxygen atoms in total. The van der Waals surface area contributed by atoms with E-state index in [2.05, 4.69) is 73.6 Å². The molecule has 0 radical (unpaired) electrons. The Labute approximate surface area is 197 Å². The molecule has 0 amide bonds. The SMILES string of the molecule is CCOC(Oc1ccccc1)(c1cccc(CC(C)C)c1CC(C)C)[N+](CC)(CC)CC. The molecule has 178 valence electrons. The molecule has 0 saturated carbocycles. The van der Waals surface area contributed by atoms with Crippen LogP contribution in [0.1, 0.15) is 72.1 Å². The summed E-state index contributed by atoms with van der Waals surface area (Å²) in [6.07, 6.45) is 2.08. The molecule has 2 aromatic carbocycles. The largest absolute Gasteiger partial charge is 0.413 e. The Bertz CT molecular complexity index is 803. The molecule has 32 heavy (non-hydrogen) atoms. The van der Waals surface area contributed by atoms with Crippen molar-refractivity contribution in [3.8, 4) is 5.75 Å². The highest BCUT2D eigenvalue weighted by molar-refractivity contribution is 5.39. The summed E-state index contributed by atoms with van der Waals surface area (Å²) in [6, 6.07) is 17.0. The van der Waals surface area contributed by atoms with Crippen LogP contribution in [0.2, 0.25) is 0 Å². The predicted octanol–water partition coefficient (Wildman–Crippen LogP) is 7.19. The van der Waals surface area contributed by atoms with Gasteiger partial charge in [-0.1, -0.05) is 58.0 Å². The van der Waals surface area contributed by atoms with Gasteiger partial charge in [0.25, 0.3) is 0 Å². The van der Waals surface area contributed by atoms with Crippen molar-refractivity contribution in [2.75, 3.05) is 26.2 Å². The van der Waals surface area contributed by atoms with Gasteiger partial charge < -0.3 is 4.74 Å². The molecule has 0 N–H and O–H groups in total. The number of nitrogens with zero attached hydrogens (tertiary/aromatic N) is 1. The lowest BCUT2D eigenvalue weighted by atomic mass is 9.87. The first-order valence-electron chi connectivity index (χ1n) is 12.6. The van der Waals surface area contributed by atoms with E-state index in [1.807, 2.05) is 30.3 Å². The first-order chi connectivity index (χ1) is 15.3. The third-order valence-electron chi connectivity index (χ3n) is 6.63. The molecule has 0 fully saturated rings. The van der Waals surface area contributed by atoms with Crippen molar-refractivity contribution < 1.29 is 14.0 Å². The average Bonchev–Trinajstić information content (AvgIpc) is 2.76. The average molecular weight is 441 g/mol. The molecular weight excluding hydrogens is 394 g/mol. The van der Waals surface area contributed by atoms with E-state index in [-0.39, 0.29) is 0 Å². The van der Waals surface area contributed by atoms with Crippen molar-refractivity contribution in [3.05, 3.63) is 65.2 Å². The lowest BCUT2D eigenvalue weighted by Crippen LogP contribution is -2.66. The fourth-order valence-electron chi connectivity index (χ4n) is 5.00. The summed E-state index contributed by atoms with van der Waals surface area (Å²) < 4.78 is 14.5. The molecule has 0 spiro atoms. The van der Waals surface area contributed by atoms with Gasteiger partial charge in [-0.2, -0.15) is 0 Å². The fourth-order valence-corrected chi connectivity index (χ4v) is 5.00. The van der Waals surface area contributed by atoms with Gasteiger partial charge in [0.1, 0.15) is 5.75 Å². The van der Waals surface area contributed by atoms with Crippen LogP contribution in [-0.4, -0.2) is 30.7 Å². The minimum absolute atomic E-state index is 0.546. The zero-order chi connectivity index (χ0) is 23.8. The van der Waals surface area contributed by atoms with Crippen molar-refractivity contribution in [2.24, 2.45) is 11.8 Å². The second-order valence-electron chi connectivity index (χ2n) is 9.66. The van der Waals surface area contributed by atoms with Crippen LogP contribution in [0, 0.1) is 11.8 Å². The fraction of sp³-hybridized carbons (Fsp3) is 0.586. The summed E-state index contributed by atoms with van der Waals surface area (Å²) in [4.78, 5) is 0. The number of quaternary nitrogens is 1. The maximum Gasteiger partial charge on any atom is 0.390 e. The third kappa shape index (κ3) is 5.55. The monoisotopic (exact) mass is 440 g/mol. The van der Waals surface area contributed by atoms with Gasteiger partial charge in [0, 0.05) is 0 Å². The highest BCUT2D eigenvalue weighted by Crippen LogP contribution is 2.42. The van der Waals surface area contributed by atoms with E-state index in [0.717, 1.165) is 38.2 Å². The van der Waals surface area contributed by atoms with Gasteiger partial charge in [0.2, 0.25) is 0 Å². The van der Waals surface area contributed by atoms with Crippen LogP contribution in [0.4, 0.5) is 0 Å². The number of rotatable bonds is 13. The van der Waals surface area contributed by atoms with Gasteiger partial charge in [-0.15, -0.1) is 0 Å². The van der Waals surface area contributed by atoms with E-state index in [4.69, 9.17) is 9.47 Å². The molecule has 0 bridgehead atoms. The minimum Gasteiger partial charge on any atom is -0.413 e. The topological polar surface area (TPSA) is 18.5 Å². The first-order valence-corrected chi connectivity index (χ1v) is 12.6. The molecule has 0 aliphatic rings. The Morgan fingerprint density at radius 3 is 1.84 bits per heavy atom. The molecule has 2 rings (SSSR count). The van der Waals surface area contributed by atoms with Crippen LogP contribution in [0.5, 0.6) is 5.75 Å². The van der Waals surface area contributed by atoms with Gasteiger partial charge in [-0.05, 0) is 81.7 Å². The Morgan fingerprint density at radius 1 is 0.750 bits per heavy atom. The molecule has 0 aliphatic carbocycles. The third-order valence-corrected chi connectivity index (χ3v) is 6.63. The zero-order valence-electron chi connectivity index (χ0n) is 21.8. The minimum atomic E-state index is -0.897. The Morgan fingerprint density at radius 2 is 1.34 bits per heavy atom. The summed E-state index contributed by atoms with van der Waals surface area (Å²) in [5.41, 5.74) is 4.02. The van der Waals surface area contributed by atoms with E-state index < -0.39 is 5.91 Å². The Kier molecular flexibility index (Phi) is 9.79. The molecule has 0 saturated heterocycles. The number of para-hydroxylation sites is 1. The van der Waals surface area contributed by atoms with Gasteiger partial charge in [0.05, 0.1) is 31.8 Å². The van der Waals surface area contributed by atoms with Crippen LogP contribution >= 0.6 is 0 Å². The summed E-state index contributed by atoms with van der Waals surface area (Å²) in [5, 5.41) is 0. The normalized spacial score (nSPS) is 14.1. The van der Waals surface area contributed by atoms with Crippen molar-refractivity contribution >= 4 is 0 Å². The molecule has 0 aliphatic heterocycles. The lowest BCUT2D eigenvalue weighted by molar-refractivity contribution is -1.03. The van der Waals surface area contributed by atoms with E-state index in [1.165, 1.54) is 16.7 Å². The second kappa shape index (κ2) is 11.9. The number of benzene rings is 2. The quantitative estimate of drug-likeness (QED) is 0.242. The van der Waals surface area contributed by atoms with Gasteiger partial charge in [-0.25, -0.2) is 0 Å². The molecule has 0 heterocycles. The summed E-state index contributed by atoms with van der Waals surface area (Å²) >= 11 is 0. The molecule has 1 unspecified atom stereocenters. The van der Waals surface area contributed by atoms with Crippen molar-refractivity contribution in [1.29, 1.82) is 0 Å². The summed E-state index contributed by atoms with van der Waals surface area (Å²) in [6.45, 7) is 21.4. The molecule has 0 aromatic heterocycles. The van der Waals surface area contributed by atoms with E-state index in [1.54, 1.807) is 0 Å². The summed E-state index contributed by atoms with van der Waals surface area (Å²) in [5.74, 6) is 1.09. The molecule has 1 atom stereocenters. The van der Waals surface area contributed by atoms with Crippen molar-refractivity contribution in [1.82, 2.24) is 0 Å². The first kappa shape index (κ1) is 26.4. The van der Waals surface area contributed by atoms with Crippen LogP contribution in [0.25, 0.3) is 0 Å². The standard InChI is InChI=1S/C29H46NO2/c1-9-30(10-2,11-3)29(31-12-4,32-26-18-14-13-15-19-26)28-20-16-17-25(21-23(5)6)27(28)22-24(7)8/h13-20,23-24H,9-12,21-22H2,1-8H3/q+1. The van der Waals surface area contributed by atoms with Crippen LogP contribution < -0.4 is 4.74 Å². The van der Waals surface area contributed by atoms with E-state index in [9.17, 15) is 0 Å². The highest BCUT2D eigenvalue weighted by Gasteiger charge is 2.55. The van der Waals surface area contributed by atoms with Crippen LogP contribution in [0.3, 0.4) is 0 Å². The molecule has 2 aromatic rings. The predicted molar refractivity (Wildman–Crippen MR) is 136 cm³/mol. The van der Waals surface area contributed by atoms with E-state index >= 15 is 0 Å². The molecule has 3 heteroatoms. The smallest absolute Gasteiger partial charge is 0.390 e. The number of hydrogen-bond donors (Lipinski definition) is 0. The lowest BCUT2D eigenvalue weighted by Gasteiger charge is -2.50. The zero-order valence-corrected chi connectivity index (χ0v) is 21.8. The maximum absolute atomic E-state index is 7.00. The summed E-state index contributed by atoms with van der Waals surface area (Å²) in [7, 11) is 0. The molecular formula is C29H46NO2+. The van der Waals surface area contributed by atoms with Gasteiger partial charge in [-0.3, -0.25) is 9.22 Å². The van der Waals surface area contributed by atoms with Crippen molar-refractivity contribution in [3.63, 3.8) is 0 Å². The highest BCUT2D eigenvalue weighted by atomic mass is 16.7. The van der Waals surface area contributed by atoms with Gasteiger partial charge >= 0.3 is 5.91 Å². The van der Waals surface area contributed by atoms with Crippen molar-refractivity contribution in [2.45, 2.75) is 74.1 Å². The number of hydrogen-bond acceptors (Lipinski definition) is 2. The van der Waals surface area contributed by atoms with Crippen LogP contribution in [0.15, 0.2) is 48.5 Å². The Balaban J connectivity index is 2.89. The van der Waals surface area contributed by atoms with Crippen LogP contribution in [-0.2, 0) is 23.5 Å². The second-order valence-corrected chi connectivity index (χ2v) is 9.66. The maximum atomic E-state index is 7.00. The Hall–Kier alpha value is -1.84. The van der Waals surface area contributed by atoms with Gasteiger partial charge in [0.15, 0.2) is 0 Å².